The van der Waals surface area contributed by atoms with E-state index in [-0.39, 0.29) is 0 Å². The first-order valence-electron chi connectivity index (χ1n) is 9.55. The number of benzene rings is 3. The monoisotopic (exact) mass is 700 g/mol. The van der Waals surface area contributed by atoms with Gasteiger partial charge in [0, 0.05) is 26.4 Å². The van der Waals surface area contributed by atoms with Crippen LogP contribution in [0.5, 0.6) is 0 Å². The molecule has 0 atom stereocenters. The fourth-order valence-corrected chi connectivity index (χ4v) is 4.24. The Morgan fingerprint density at radius 3 is 1.12 bits per heavy atom. The van der Waals surface area contributed by atoms with Crippen molar-refractivity contribution < 1.29 is 87.8 Å². The van der Waals surface area contributed by atoms with Gasteiger partial charge in [0.2, 0.25) is 0 Å². The highest BCUT2D eigenvalue weighted by atomic mass is 79.9. The van der Waals surface area contributed by atoms with Crippen LogP contribution in [0.1, 0.15) is 11.1 Å². The summed E-state index contributed by atoms with van der Waals surface area (Å²) in [5.74, 6) is -48.6. The van der Waals surface area contributed by atoms with Crippen LogP contribution < -0.4 is 0 Å². The molecule has 0 saturated heterocycles. The molecule has 0 aliphatic carbocycles. The molecule has 0 aromatic heterocycles. The summed E-state index contributed by atoms with van der Waals surface area (Å²) in [6, 6.07) is -1.18. The van der Waals surface area contributed by atoms with Crippen molar-refractivity contribution in [2.75, 3.05) is 0 Å². The fraction of sp³-hybridized carbons (Fsp3) is 0.300. The SMILES string of the molecule is Fc1c(F)c(F)c2c(F)c3c(C(F)(F)C(F)(F)C(F)(F)F)c(C(F)(F)C(F)(F)C(F)(F)F)cc(Br)c3c(F)c2c1F. The minimum atomic E-state index is -7.77. The average molecular weight is 701 g/mol. The van der Waals surface area contributed by atoms with E-state index in [1.807, 2.05) is 15.9 Å². The van der Waals surface area contributed by atoms with Gasteiger partial charge in [-0.25, -0.2) is 26.3 Å². The molecule has 0 N–H and O–H groups in total. The van der Waals surface area contributed by atoms with Gasteiger partial charge in [-0.05, 0) is 6.07 Å². The molecule has 0 aliphatic heterocycles. The van der Waals surface area contributed by atoms with Gasteiger partial charge in [-0.3, -0.25) is 0 Å². The van der Waals surface area contributed by atoms with Gasteiger partial charge >= 0.3 is 36.0 Å². The molecule has 0 fully saturated rings. The van der Waals surface area contributed by atoms with Crippen LogP contribution in [0, 0.1) is 34.9 Å². The number of rotatable bonds is 4. The summed E-state index contributed by atoms with van der Waals surface area (Å²) in [7, 11) is 0. The minimum Gasteiger partial charge on any atom is -0.205 e. The molecule has 0 spiro atoms. The van der Waals surface area contributed by atoms with Gasteiger partial charge in [-0.15, -0.1) is 0 Å². The van der Waals surface area contributed by atoms with Crippen molar-refractivity contribution in [2.24, 2.45) is 0 Å². The molecule has 0 saturated carbocycles. The molecule has 0 bridgehead atoms. The van der Waals surface area contributed by atoms with Crippen LogP contribution in [0.3, 0.4) is 0 Å². The lowest BCUT2D eigenvalue weighted by atomic mass is 9.84. The highest BCUT2D eigenvalue weighted by Gasteiger charge is 2.78. The summed E-state index contributed by atoms with van der Waals surface area (Å²) in [6.07, 6.45) is -15.1. The topological polar surface area (TPSA) is 0 Å². The third-order valence-corrected chi connectivity index (χ3v) is 6.20. The molecule has 3 aromatic carbocycles. The largest absolute Gasteiger partial charge is 0.460 e. The van der Waals surface area contributed by atoms with Crippen LogP contribution in [0.15, 0.2) is 10.5 Å². The van der Waals surface area contributed by atoms with Gasteiger partial charge < -0.3 is 0 Å². The smallest absolute Gasteiger partial charge is 0.205 e. The quantitative estimate of drug-likeness (QED) is 0.110. The lowest BCUT2D eigenvalue weighted by Crippen LogP contribution is -2.53. The van der Waals surface area contributed by atoms with Crippen molar-refractivity contribution >= 4 is 37.5 Å². The molecule has 0 aliphatic rings. The summed E-state index contributed by atoms with van der Waals surface area (Å²) in [5.41, 5.74) is -7.95. The highest BCUT2D eigenvalue weighted by Crippen LogP contribution is 2.60. The van der Waals surface area contributed by atoms with Gasteiger partial charge in [0.1, 0.15) is 11.6 Å². The molecule has 0 heterocycles. The number of halogens is 21. The fourth-order valence-electron chi connectivity index (χ4n) is 3.63. The van der Waals surface area contributed by atoms with Crippen LogP contribution in [0.4, 0.5) is 87.8 Å². The Bertz CT molecular complexity index is 1580. The lowest BCUT2D eigenvalue weighted by molar-refractivity contribution is -0.366. The number of hydrogen-bond donors (Lipinski definition) is 0. The average Bonchev–Trinajstić information content (AvgIpc) is 2.80. The van der Waals surface area contributed by atoms with E-state index < -0.39 is 114 Å². The van der Waals surface area contributed by atoms with Gasteiger partial charge in [0.15, 0.2) is 23.3 Å². The van der Waals surface area contributed by atoms with Gasteiger partial charge in [-0.2, -0.15) is 61.5 Å². The second-order valence-corrected chi connectivity index (χ2v) is 8.81. The summed E-state index contributed by atoms with van der Waals surface area (Å²) >= 11 is 1.89. The van der Waals surface area contributed by atoms with Crippen molar-refractivity contribution in [2.45, 2.75) is 36.0 Å². The van der Waals surface area contributed by atoms with Gasteiger partial charge in [-0.1, -0.05) is 15.9 Å². The molecular weight excluding hydrogens is 700 g/mol. The second-order valence-electron chi connectivity index (χ2n) is 7.96. The molecule has 21 heteroatoms. The maximum absolute atomic E-state index is 15.4. The Kier molecular flexibility index (Phi) is 7.30. The van der Waals surface area contributed by atoms with Gasteiger partial charge in [0.05, 0.1) is 10.8 Å². The minimum absolute atomic E-state index is 1.18. The molecule has 228 valence electrons. The van der Waals surface area contributed by atoms with Crippen molar-refractivity contribution in [3.63, 3.8) is 0 Å². The zero-order valence-corrected chi connectivity index (χ0v) is 19.6. The summed E-state index contributed by atoms with van der Waals surface area (Å²) in [6.45, 7) is 0. The standard InChI is InChI=1S/C20HBrF20/c21-3-1-2(15(28,29)17(32,33)19(36,37)38)8(16(30,31)18(34,35)20(39,40)41)5-4(3)9(22)6-7(10(5)23)12(25)14(27)13(26)11(6)24/h1H. The van der Waals surface area contributed by atoms with E-state index in [0.29, 0.717) is 0 Å². The molecule has 0 nitrogen and oxygen atoms in total. The van der Waals surface area contributed by atoms with E-state index in [9.17, 15) is 79.0 Å². The number of fused-ring (bicyclic) bond motifs is 2. The summed E-state index contributed by atoms with van der Waals surface area (Å²) in [5, 5.41) is -10.8. The van der Waals surface area contributed by atoms with E-state index >= 15 is 8.78 Å². The van der Waals surface area contributed by atoms with Crippen LogP contribution >= 0.6 is 15.9 Å². The Hall–Kier alpha value is -2.74. The first-order valence-corrected chi connectivity index (χ1v) is 10.3. The summed E-state index contributed by atoms with van der Waals surface area (Å²) in [4.78, 5) is 0. The van der Waals surface area contributed by atoms with E-state index in [0.717, 1.165) is 0 Å². The Morgan fingerprint density at radius 2 is 0.756 bits per heavy atom. The van der Waals surface area contributed by atoms with Crippen molar-refractivity contribution in [1.29, 1.82) is 0 Å². The van der Waals surface area contributed by atoms with E-state index in [1.165, 1.54) is 0 Å². The van der Waals surface area contributed by atoms with E-state index in [4.69, 9.17) is 0 Å². The number of alkyl halides is 14. The maximum Gasteiger partial charge on any atom is 0.460 e. The maximum atomic E-state index is 15.4. The molecule has 3 rings (SSSR count). The van der Waals surface area contributed by atoms with Crippen LogP contribution in [-0.2, 0) is 11.8 Å². The molecule has 0 unspecified atom stereocenters. The lowest BCUT2D eigenvalue weighted by Gasteiger charge is -2.35. The third kappa shape index (κ3) is 4.18. The molecule has 0 amide bonds. The Labute approximate surface area is 218 Å². The third-order valence-electron chi connectivity index (χ3n) is 5.58. The zero-order chi connectivity index (χ0) is 32.2. The first kappa shape index (κ1) is 32.8. The van der Waals surface area contributed by atoms with Crippen molar-refractivity contribution in [3.8, 4) is 0 Å². The van der Waals surface area contributed by atoms with Crippen molar-refractivity contribution in [1.82, 2.24) is 0 Å². The molecular formula is C20HBrF20. The first-order chi connectivity index (χ1) is 18.1. The Balaban J connectivity index is 2.86. The number of hydrogen-bond acceptors (Lipinski definition) is 0. The van der Waals surface area contributed by atoms with Gasteiger partial charge in [0.25, 0.3) is 0 Å². The predicted octanol–water partition coefficient (Wildman–Crippen LogP) is 10.2. The Morgan fingerprint density at radius 1 is 0.415 bits per heavy atom. The van der Waals surface area contributed by atoms with Crippen LogP contribution in [0.2, 0.25) is 0 Å². The molecule has 0 radical (unpaired) electrons. The van der Waals surface area contributed by atoms with Crippen LogP contribution in [-0.4, -0.2) is 24.2 Å². The molecule has 41 heavy (non-hydrogen) atoms. The van der Waals surface area contributed by atoms with E-state index in [2.05, 4.69) is 0 Å². The predicted molar refractivity (Wildman–Crippen MR) is 98.7 cm³/mol. The van der Waals surface area contributed by atoms with Crippen LogP contribution in [0.25, 0.3) is 21.5 Å². The summed E-state index contributed by atoms with van der Waals surface area (Å²) < 4.78 is 276. The zero-order valence-electron chi connectivity index (χ0n) is 18.0. The second kappa shape index (κ2) is 9.13. The van der Waals surface area contributed by atoms with Crippen molar-refractivity contribution in [3.05, 3.63) is 56.6 Å². The normalized spacial score (nSPS) is 14.5. The molecule has 3 aromatic rings. The highest BCUT2D eigenvalue weighted by molar-refractivity contribution is 9.10. The van der Waals surface area contributed by atoms with E-state index in [1.54, 1.807) is 0 Å².